The third-order valence-electron chi connectivity index (χ3n) is 9.48. The Balaban J connectivity index is 0.000000125. The summed E-state index contributed by atoms with van der Waals surface area (Å²) in [4.78, 5) is 40.7. The van der Waals surface area contributed by atoms with Crippen molar-refractivity contribution in [3.05, 3.63) is 84.2 Å². The number of likely N-dealkylation sites (tertiary alicyclic amines) is 2. The molecule has 2 aliphatic heterocycles. The molecule has 13 nitrogen and oxygen atoms in total. The van der Waals surface area contributed by atoms with Gasteiger partial charge >= 0.3 is 0 Å². The van der Waals surface area contributed by atoms with Crippen LogP contribution in [0.2, 0.25) is 5.15 Å². The van der Waals surface area contributed by atoms with Crippen LogP contribution in [0.3, 0.4) is 0 Å². The Kier molecular flexibility index (Phi) is 9.84. The van der Waals surface area contributed by atoms with Crippen LogP contribution in [0.5, 0.6) is 0 Å². The molecule has 2 aromatic carbocycles. The third kappa shape index (κ3) is 6.89. The molecule has 0 radical (unpaired) electrons. The minimum Gasteiger partial charge on any atom is -0.329 e. The van der Waals surface area contributed by atoms with E-state index < -0.39 is 0 Å². The number of hydrogen-bond acceptors (Lipinski definition) is 11. The van der Waals surface area contributed by atoms with Crippen LogP contribution in [0, 0.1) is 0 Å². The van der Waals surface area contributed by atoms with E-state index >= 15 is 0 Å². The van der Waals surface area contributed by atoms with E-state index in [1.54, 1.807) is 24.8 Å². The monoisotopic (exact) mass is 701 g/mol. The number of rotatable bonds is 6. The SMILES string of the molecule is Clc1nc2nccnc2n2c1nc1ccccc12.NCCN1CCCC1.c1ccc2c(c1)nc1c(CCCN3CCCC3)nc3nccnc3n12. The van der Waals surface area contributed by atoms with Gasteiger partial charge in [-0.3, -0.25) is 8.80 Å². The fraction of sp³-hybridized carbons (Fsp3) is 0.351. The molecule has 2 aliphatic rings. The molecule has 2 fully saturated rings. The van der Waals surface area contributed by atoms with Crippen molar-refractivity contribution in [1.82, 2.24) is 58.5 Å². The molecule has 0 bridgehead atoms. The van der Waals surface area contributed by atoms with E-state index in [0.29, 0.717) is 27.7 Å². The molecule has 14 heteroatoms. The lowest BCUT2D eigenvalue weighted by Crippen LogP contribution is -2.26. The summed E-state index contributed by atoms with van der Waals surface area (Å²) in [5, 5.41) is 0.333. The van der Waals surface area contributed by atoms with Gasteiger partial charge in [0.15, 0.2) is 39.0 Å². The molecule has 0 amide bonds. The Morgan fingerprint density at radius 1 is 0.569 bits per heavy atom. The van der Waals surface area contributed by atoms with Crippen LogP contribution in [-0.2, 0) is 6.42 Å². The maximum Gasteiger partial charge on any atom is 0.197 e. The van der Waals surface area contributed by atoms with Crippen molar-refractivity contribution in [2.45, 2.75) is 38.5 Å². The van der Waals surface area contributed by atoms with E-state index in [2.05, 4.69) is 50.2 Å². The Hall–Kier alpha value is -4.95. The van der Waals surface area contributed by atoms with E-state index in [4.69, 9.17) is 27.3 Å². The first-order valence-corrected chi connectivity index (χ1v) is 18.1. The van der Waals surface area contributed by atoms with Crippen molar-refractivity contribution >= 4 is 67.6 Å². The molecule has 260 valence electrons. The molecule has 51 heavy (non-hydrogen) atoms. The standard InChI is InChI=1S/C19H20N6.C12H6ClN5.C6H14N2/c1-2-8-16-14(6-1)23-18-15(7-5-13-24-11-3-4-12-24)22-17-19(25(16)18)21-10-9-20-17;13-9-11-16-7-3-1-2-4-8(7)18(11)12-10(17-9)14-5-6-15-12;7-3-6-8-4-1-2-5-8/h1-2,6,8-10H,3-5,7,11-13H2;1-6H;1-7H2. The molecule has 0 spiro atoms. The van der Waals surface area contributed by atoms with Gasteiger partial charge in [0, 0.05) is 37.9 Å². The van der Waals surface area contributed by atoms with Gasteiger partial charge in [-0.25, -0.2) is 39.9 Å². The molecule has 0 aliphatic carbocycles. The third-order valence-corrected chi connectivity index (χ3v) is 9.74. The highest BCUT2D eigenvalue weighted by Gasteiger charge is 2.17. The summed E-state index contributed by atoms with van der Waals surface area (Å²) < 4.78 is 3.99. The fourth-order valence-corrected chi connectivity index (χ4v) is 7.29. The maximum absolute atomic E-state index is 6.15. The summed E-state index contributed by atoms with van der Waals surface area (Å²) in [7, 11) is 0. The van der Waals surface area contributed by atoms with Crippen LogP contribution in [0.15, 0.2) is 73.3 Å². The van der Waals surface area contributed by atoms with Crippen molar-refractivity contribution in [2.24, 2.45) is 5.73 Å². The predicted molar refractivity (Wildman–Crippen MR) is 201 cm³/mol. The molecule has 8 aromatic rings. The Morgan fingerprint density at radius 3 is 1.69 bits per heavy atom. The van der Waals surface area contributed by atoms with Gasteiger partial charge in [-0.05, 0) is 95.5 Å². The van der Waals surface area contributed by atoms with Crippen LogP contribution in [0.1, 0.15) is 37.8 Å². The highest BCUT2D eigenvalue weighted by atomic mass is 35.5. The molecule has 2 N–H and O–H groups in total. The largest absolute Gasteiger partial charge is 0.329 e. The highest BCUT2D eigenvalue weighted by molar-refractivity contribution is 6.32. The van der Waals surface area contributed by atoms with Gasteiger partial charge in [0.2, 0.25) is 0 Å². The number of benzene rings is 2. The molecular formula is C37H40ClN13. The van der Waals surface area contributed by atoms with Crippen LogP contribution in [0.25, 0.3) is 55.9 Å². The molecule has 0 unspecified atom stereocenters. The quantitative estimate of drug-likeness (QED) is 0.239. The summed E-state index contributed by atoms with van der Waals surface area (Å²) in [6, 6.07) is 16.0. The average molecular weight is 702 g/mol. The molecule has 6 aromatic heterocycles. The zero-order valence-electron chi connectivity index (χ0n) is 28.4. The van der Waals surface area contributed by atoms with Crippen LogP contribution >= 0.6 is 11.6 Å². The van der Waals surface area contributed by atoms with E-state index in [9.17, 15) is 0 Å². The Labute approximate surface area is 299 Å². The average Bonchev–Trinajstić information content (AvgIpc) is 3.99. The van der Waals surface area contributed by atoms with Gasteiger partial charge in [0.25, 0.3) is 0 Å². The molecule has 0 atom stereocenters. The normalized spacial score (nSPS) is 15.3. The van der Waals surface area contributed by atoms with E-state index in [-0.39, 0.29) is 0 Å². The summed E-state index contributed by atoms with van der Waals surface area (Å²) in [6.07, 6.45) is 14.1. The predicted octanol–water partition coefficient (Wildman–Crippen LogP) is 5.37. The van der Waals surface area contributed by atoms with Crippen LogP contribution in [-0.4, -0.2) is 104 Å². The summed E-state index contributed by atoms with van der Waals surface area (Å²) in [6.45, 7) is 8.07. The number of fused-ring (bicyclic) bond motifs is 10. The lowest BCUT2D eigenvalue weighted by Gasteiger charge is -2.14. The zero-order chi connectivity index (χ0) is 34.6. The molecule has 2 saturated heterocycles. The van der Waals surface area contributed by atoms with E-state index in [1.807, 2.05) is 46.9 Å². The molecule has 10 rings (SSSR count). The lowest BCUT2D eigenvalue weighted by atomic mass is 10.2. The molecule has 0 saturated carbocycles. The summed E-state index contributed by atoms with van der Waals surface area (Å²) >= 11 is 6.15. The number of imidazole rings is 2. The number of nitrogens with two attached hydrogens (primary N) is 1. The molecule has 8 heterocycles. The van der Waals surface area contributed by atoms with Crippen molar-refractivity contribution in [1.29, 1.82) is 0 Å². The number of hydrogen-bond donors (Lipinski definition) is 1. The van der Waals surface area contributed by atoms with Crippen molar-refractivity contribution in [3.63, 3.8) is 0 Å². The van der Waals surface area contributed by atoms with E-state index in [0.717, 1.165) is 71.5 Å². The first kappa shape index (κ1) is 33.2. The highest BCUT2D eigenvalue weighted by Crippen LogP contribution is 2.25. The van der Waals surface area contributed by atoms with Gasteiger partial charge in [0.1, 0.15) is 0 Å². The molecular weight excluding hydrogens is 662 g/mol. The zero-order valence-corrected chi connectivity index (χ0v) is 29.2. The first-order chi connectivity index (χ1) is 25.2. The van der Waals surface area contributed by atoms with Crippen molar-refractivity contribution in [3.8, 4) is 0 Å². The Bertz CT molecular complexity index is 2430. The van der Waals surface area contributed by atoms with E-state index in [1.165, 1.54) is 51.9 Å². The van der Waals surface area contributed by atoms with Gasteiger partial charge < -0.3 is 15.5 Å². The second-order valence-electron chi connectivity index (χ2n) is 12.9. The number of nitrogens with zero attached hydrogens (tertiary/aromatic N) is 12. The van der Waals surface area contributed by atoms with Gasteiger partial charge in [-0.15, -0.1) is 0 Å². The van der Waals surface area contributed by atoms with Crippen molar-refractivity contribution in [2.75, 3.05) is 45.8 Å². The van der Waals surface area contributed by atoms with Crippen molar-refractivity contribution < 1.29 is 0 Å². The summed E-state index contributed by atoms with van der Waals surface area (Å²) in [5.74, 6) is 0. The second kappa shape index (κ2) is 15.1. The number of aromatic nitrogens is 10. The van der Waals surface area contributed by atoms with Gasteiger partial charge in [-0.2, -0.15) is 0 Å². The van der Waals surface area contributed by atoms with Gasteiger partial charge in [-0.1, -0.05) is 35.9 Å². The topological polar surface area (TPSA) is 144 Å². The number of aryl methyl sites for hydroxylation is 1. The smallest absolute Gasteiger partial charge is 0.197 e. The maximum atomic E-state index is 6.15. The second-order valence-corrected chi connectivity index (χ2v) is 13.2. The fourth-order valence-electron chi connectivity index (χ4n) is 7.09. The van der Waals surface area contributed by atoms with Crippen LogP contribution in [0.4, 0.5) is 0 Å². The van der Waals surface area contributed by atoms with Crippen LogP contribution < -0.4 is 5.73 Å². The first-order valence-electron chi connectivity index (χ1n) is 17.7. The lowest BCUT2D eigenvalue weighted by molar-refractivity contribution is 0.333. The Morgan fingerprint density at radius 2 is 1.08 bits per heavy atom. The van der Waals surface area contributed by atoms with Gasteiger partial charge in [0.05, 0.1) is 27.8 Å². The summed E-state index contributed by atoms with van der Waals surface area (Å²) in [5.41, 5.74) is 14.4. The number of halogens is 1. The minimum atomic E-state index is 0.333. The number of para-hydroxylation sites is 4. The minimum absolute atomic E-state index is 0.333.